The van der Waals surface area contributed by atoms with E-state index in [1.54, 1.807) is 12.1 Å². The Morgan fingerprint density at radius 1 is 0.966 bits per heavy atom. The Labute approximate surface area is 341 Å². The number of halogens is 3. The van der Waals surface area contributed by atoms with Crippen LogP contribution in [0.5, 0.6) is 5.75 Å². The van der Waals surface area contributed by atoms with Crippen molar-refractivity contribution in [2.45, 2.75) is 135 Å². The Bertz CT molecular complexity index is 1910. The van der Waals surface area contributed by atoms with Crippen molar-refractivity contribution in [3.63, 3.8) is 0 Å². The fraction of sp³-hybridized carbons (Fsp3) is 0.542. The van der Waals surface area contributed by atoms with Crippen LogP contribution in [-0.2, 0) is 17.7 Å². The summed E-state index contributed by atoms with van der Waals surface area (Å²) in [6.07, 6.45) is 2.38. The van der Waals surface area contributed by atoms with Gasteiger partial charge >= 0.3 is 12.5 Å². The molecule has 0 saturated heterocycles. The van der Waals surface area contributed by atoms with E-state index in [4.69, 9.17) is 4.74 Å². The molecule has 0 aromatic heterocycles. The van der Waals surface area contributed by atoms with Crippen LogP contribution in [0.25, 0.3) is 0 Å². The molecule has 7 unspecified atom stereocenters. The average Bonchev–Trinajstić information content (AvgIpc) is 3.42. The number of fused-ring (bicyclic) bond motifs is 8. The second-order valence-corrected chi connectivity index (χ2v) is 17.9. The standard InChI is InChI=1S/C48H60F3NO6/c1-31(2)39-21-14-33(4)26-43(39)57-45(55)52(29-34-15-19-38(20-16-34)58-48(49,50)51)30-47(56)25-23-42-40-22-17-35(28-41(40)44(54)36-11-7-6-8-12-36)27-37(53)18-13-32(3)10-9-24-46(42,47)5/h6-8,10-12,15-17,19-20,22,28,31,33,37,39,42-43,53,56H,9,13-14,18,21,23-27,29-30H2,1-5H3. The summed E-state index contributed by atoms with van der Waals surface area (Å²) >= 11 is 0. The quantitative estimate of drug-likeness (QED) is 0.165. The zero-order valence-electron chi connectivity index (χ0n) is 34.6. The van der Waals surface area contributed by atoms with Crippen molar-refractivity contribution in [3.05, 3.63) is 112 Å². The van der Waals surface area contributed by atoms with Crippen molar-refractivity contribution >= 4 is 11.9 Å². The SMILES string of the molecule is CC1=CCCC2(C)C(CCC2(O)CN(Cc2ccc(OC(F)(F)F)cc2)C(=O)OC2CC(C)CCC2C(C)C)c2ccc(cc2C(=O)c2ccccc2)CC(O)CC1. The van der Waals surface area contributed by atoms with E-state index < -0.39 is 29.6 Å². The van der Waals surface area contributed by atoms with Crippen LogP contribution >= 0.6 is 0 Å². The molecule has 7 nitrogen and oxygen atoms in total. The molecule has 314 valence electrons. The second-order valence-electron chi connectivity index (χ2n) is 17.9. The van der Waals surface area contributed by atoms with Gasteiger partial charge in [0.15, 0.2) is 5.78 Å². The van der Waals surface area contributed by atoms with E-state index in [1.807, 2.05) is 36.4 Å². The number of aliphatic hydroxyl groups excluding tert-OH is 1. The third-order valence-electron chi connectivity index (χ3n) is 13.4. The van der Waals surface area contributed by atoms with Crippen LogP contribution in [-0.4, -0.2) is 57.7 Å². The van der Waals surface area contributed by atoms with Gasteiger partial charge in [-0.3, -0.25) is 4.79 Å². The van der Waals surface area contributed by atoms with E-state index in [0.717, 1.165) is 36.0 Å². The summed E-state index contributed by atoms with van der Waals surface area (Å²) in [4.78, 5) is 30.4. The van der Waals surface area contributed by atoms with E-state index in [0.29, 0.717) is 73.5 Å². The van der Waals surface area contributed by atoms with Crippen LogP contribution in [0.15, 0.2) is 84.4 Å². The predicted octanol–water partition coefficient (Wildman–Crippen LogP) is 11.0. The van der Waals surface area contributed by atoms with Crippen molar-refractivity contribution in [2.75, 3.05) is 6.54 Å². The van der Waals surface area contributed by atoms with Crippen LogP contribution in [0.2, 0.25) is 0 Å². The van der Waals surface area contributed by atoms with Crippen molar-refractivity contribution in [1.29, 1.82) is 0 Å². The number of carbonyl (C=O) groups is 2. The molecule has 3 aromatic carbocycles. The summed E-state index contributed by atoms with van der Waals surface area (Å²) in [7, 11) is 0. The molecule has 58 heavy (non-hydrogen) atoms. The van der Waals surface area contributed by atoms with Gasteiger partial charge in [0.2, 0.25) is 0 Å². The normalized spacial score (nSPS) is 28.0. The minimum atomic E-state index is -4.84. The molecule has 0 radical (unpaired) electrons. The van der Waals surface area contributed by atoms with Gasteiger partial charge in [0.05, 0.1) is 18.2 Å². The lowest BCUT2D eigenvalue weighted by atomic mass is 9.64. The largest absolute Gasteiger partial charge is 0.573 e. The van der Waals surface area contributed by atoms with Crippen LogP contribution in [0.3, 0.4) is 0 Å². The van der Waals surface area contributed by atoms with Crippen molar-refractivity contribution < 1.29 is 42.4 Å². The Hall–Kier alpha value is -4.15. The lowest BCUT2D eigenvalue weighted by molar-refractivity contribution is -0.274. The Morgan fingerprint density at radius 2 is 1.69 bits per heavy atom. The van der Waals surface area contributed by atoms with Crippen molar-refractivity contribution in [2.24, 2.45) is 23.2 Å². The number of hydrogen-bond donors (Lipinski definition) is 2. The maximum Gasteiger partial charge on any atom is 0.573 e. The molecule has 10 heteroatoms. The van der Waals surface area contributed by atoms with Crippen molar-refractivity contribution in [3.8, 4) is 5.75 Å². The summed E-state index contributed by atoms with van der Waals surface area (Å²) < 4.78 is 49.5. The van der Waals surface area contributed by atoms with E-state index in [2.05, 4.69) is 45.4 Å². The third-order valence-corrected chi connectivity index (χ3v) is 13.4. The minimum Gasteiger partial charge on any atom is -0.446 e. The molecule has 0 heterocycles. The third kappa shape index (κ3) is 10.2. The molecule has 7 rings (SSSR count). The number of amides is 1. The lowest BCUT2D eigenvalue weighted by Gasteiger charge is -2.46. The van der Waals surface area contributed by atoms with Crippen LogP contribution in [0, 0.1) is 23.2 Å². The topological polar surface area (TPSA) is 96.3 Å². The van der Waals surface area contributed by atoms with Gasteiger partial charge in [-0.05, 0) is 123 Å². The molecule has 3 aromatic rings. The highest BCUT2D eigenvalue weighted by Crippen LogP contribution is 2.59. The maximum atomic E-state index is 14.5. The number of allylic oxidation sites excluding steroid dienone is 2. The summed E-state index contributed by atoms with van der Waals surface area (Å²) in [6, 6.07) is 20.5. The first-order chi connectivity index (χ1) is 27.4. The first-order valence-corrected chi connectivity index (χ1v) is 21.0. The van der Waals surface area contributed by atoms with Gasteiger partial charge in [0.1, 0.15) is 11.9 Å². The molecule has 0 aliphatic heterocycles. The smallest absolute Gasteiger partial charge is 0.446 e. The summed E-state index contributed by atoms with van der Waals surface area (Å²) in [5.74, 6) is 0.0910. The van der Waals surface area contributed by atoms with Gasteiger partial charge in [-0.25, -0.2) is 4.79 Å². The zero-order valence-corrected chi connectivity index (χ0v) is 34.6. The van der Waals surface area contributed by atoms with Gasteiger partial charge in [0.25, 0.3) is 0 Å². The Balaban J connectivity index is 1.39. The molecule has 2 saturated carbocycles. The number of benzene rings is 3. The molecular formula is C48H60F3NO6. The molecule has 7 atom stereocenters. The number of aliphatic hydroxyl groups is 2. The van der Waals surface area contributed by atoms with Crippen LogP contribution in [0.1, 0.15) is 131 Å². The Kier molecular flexibility index (Phi) is 13.5. The van der Waals surface area contributed by atoms with Gasteiger partial charge in [0, 0.05) is 23.1 Å². The van der Waals surface area contributed by atoms with E-state index >= 15 is 0 Å². The minimum absolute atomic E-state index is 0.00339. The maximum absolute atomic E-state index is 14.5. The molecule has 1 amide bonds. The number of ether oxygens (including phenoxy) is 2. The average molecular weight is 804 g/mol. The summed E-state index contributed by atoms with van der Waals surface area (Å²) in [5, 5.41) is 24.2. The molecule has 2 fully saturated rings. The highest BCUT2D eigenvalue weighted by molar-refractivity contribution is 6.10. The van der Waals surface area contributed by atoms with E-state index in [1.165, 1.54) is 29.2 Å². The molecule has 2 bridgehead atoms. The van der Waals surface area contributed by atoms with Gasteiger partial charge in [-0.15, -0.1) is 13.2 Å². The monoisotopic (exact) mass is 803 g/mol. The van der Waals surface area contributed by atoms with E-state index in [-0.39, 0.29) is 42.6 Å². The summed E-state index contributed by atoms with van der Waals surface area (Å²) in [5.41, 5.74) is 2.23. The highest BCUT2D eigenvalue weighted by atomic mass is 19.4. The van der Waals surface area contributed by atoms with Crippen molar-refractivity contribution in [1.82, 2.24) is 4.90 Å². The molecule has 0 spiro atoms. The number of ketones is 1. The van der Waals surface area contributed by atoms with Crippen LogP contribution < -0.4 is 4.74 Å². The van der Waals surface area contributed by atoms with Gasteiger partial charge in [-0.2, -0.15) is 0 Å². The molecule has 4 aliphatic carbocycles. The predicted molar refractivity (Wildman–Crippen MR) is 218 cm³/mol. The molecular weight excluding hydrogens is 744 g/mol. The number of alkyl halides is 3. The first-order valence-electron chi connectivity index (χ1n) is 21.0. The number of nitrogens with zero attached hydrogens (tertiary/aromatic N) is 1. The molecule has 2 N–H and O–H groups in total. The number of hydrogen-bond acceptors (Lipinski definition) is 6. The van der Waals surface area contributed by atoms with Gasteiger partial charge in [-0.1, -0.05) is 100 Å². The fourth-order valence-electron chi connectivity index (χ4n) is 9.91. The lowest BCUT2D eigenvalue weighted by Crippen LogP contribution is -2.54. The summed E-state index contributed by atoms with van der Waals surface area (Å²) in [6.45, 7) is 10.5. The Morgan fingerprint density at radius 3 is 2.38 bits per heavy atom. The number of carbonyl (C=O) groups excluding carboxylic acids is 2. The highest BCUT2D eigenvalue weighted by Gasteiger charge is 2.58. The molecule has 4 aliphatic rings. The van der Waals surface area contributed by atoms with Crippen LogP contribution in [0.4, 0.5) is 18.0 Å². The van der Waals surface area contributed by atoms with E-state index in [9.17, 15) is 33.0 Å². The fourth-order valence-corrected chi connectivity index (χ4v) is 9.91. The number of rotatable bonds is 9. The second kappa shape index (κ2) is 18.0. The first kappa shape index (κ1) is 43.4. The zero-order chi connectivity index (χ0) is 41.8. The van der Waals surface area contributed by atoms with Gasteiger partial charge < -0.3 is 24.6 Å².